The summed E-state index contributed by atoms with van der Waals surface area (Å²) in [7, 11) is 0. The molecule has 29 heavy (non-hydrogen) atoms. The maximum absolute atomic E-state index is 13.4. The molecule has 5 rings (SSSR count). The van der Waals surface area contributed by atoms with Gasteiger partial charge in [0.15, 0.2) is 0 Å². The summed E-state index contributed by atoms with van der Waals surface area (Å²) in [6, 6.07) is 15.8. The van der Waals surface area contributed by atoms with Crippen molar-refractivity contribution in [1.82, 2.24) is 14.3 Å². The van der Waals surface area contributed by atoms with E-state index >= 15 is 0 Å². The number of hydrogen-bond acceptors (Lipinski definition) is 4. The molecule has 0 saturated carbocycles. The quantitative estimate of drug-likeness (QED) is 0.492. The Morgan fingerprint density at radius 1 is 1.14 bits per heavy atom. The molecule has 4 aromatic rings. The van der Waals surface area contributed by atoms with Gasteiger partial charge in [-0.3, -0.25) is 14.0 Å². The van der Waals surface area contributed by atoms with E-state index in [2.05, 4.69) is 17.1 Å². The van der Waals surface area contributed by atoms with Gasteiger partial charge in [0, 0.05) is 12.7 Å². The van der Waals surface area contributed by atoms with Gasteiger partial charge in [-0.2, -0.15) is 0 Å². The van der Waals surface area contributed by atoms with Crippen molar-refractivity contribution in [2.24, 2.45) is 0 Å². The topological polar surface area (TPSA) is 54.7 Å². The van der Waals surface area contributed by atoms with Gasteiger partial charge < -0.3 is 4.90 Å². The number of pyridine rings is 1. The summed E-state index contributed by atoms with van der Waals surface area (Å²) >= 11 is 1.32. The molecule has 1 aliphatic heterocycles. The number of thiophene rings is 1. The Hall–Kier alpha value is -2.99. The minimum Gasteiger partial charge on any atom is -0.331 e. The van der Waals surface area contributed by atoms with Crippen LogP contribution in [0.15, 0.2) is 59.5 Å². The van der Waals surface area contributed by atoms with E-state index in [-0.39, 0.29) is 17.5 Å². The average molecular weight is 404 g/mol. The number of rotatable bonds is 2. The number of nitrogens with zero attached hydrogens (tertiary/aromatic N) is 3. The number of hydrogen-bond donors (Lipinski definition) is 0. The SMILES string of the molecule is Cc1cccn2c(=O)c3cc(C(=O)N4CCCC[C@H]4c4ccccc4)sc3nc12. The average Bonchev–Trinajstić information content (AvgIpc) is 3.19. The van der Waals surface area contributed by atoms with Crippen LogP contribution in [-0.2, 0) is 0 Å². The number of aryl methyl sites for hydroxylation is 1. The number of fused-ring (bicyclic) bond motifs is 2. The highest BCUT2D eigenvalue weighted by Crippen LogP contribution is 2.34. The van der Waals surface area contributed by atoms with Crippen LogP contribution >= 0.6 is 11.3 Å². The Bertz CT molecular complexity index is 1280. The van der Waals surface area contributed by atoms with Gasteiger partial charge in [-0.05, 0) is 49.4 Å². The van der Waals surface area contributed by atoms with E-state index in [0.29, 0.717) is 20.7 Å². The number of benzene rings is 1. The first kappa shape index (κ1) is 18.1. The summed E-state index contributed by atoms with van der Waals surface area (Å²) in [4.78, 5) is 34.2. The second-order valence-corrected chi connectivity index (χ2v) is 8.58. The van der Waals surface area contributed by atoms with E-state index in [1.54, 1.807) is 16.7 Å². The molecule has 3 aromatic heterocycles. The van der Waals surface area contributed by atoms with Crippen molar-refractivity contribution >= 4 is 33.1 Å². The minimum absolute atomic E-state index is 0.00766. The van der Waals surface area contributed by atoms with E-state index in [1.807, 2.05) is 42.2 Å². The van der Waals surface area contributed by atoms with Crippen LogP contribution < -0.4 is 5.56 Å². The minimum atomic E-state index is -0.123. The maximum atomic E-state index is 13.4. The van der Waals surface area contributed by atoms with Crippen molar-refractivity contribution in [1.29, 1.82) is 0 Å². The zero-order chi connectivity index (χ0) is 20.0. The smallest absolute Gasteiger partial charge is 0.266 e. The highest BCUT2D eigenvalue weighted by molar-refractivity contribution is 7.20. The third-order valence-corrected chi connectivity index (χ3v) is 6.71. The Labute approximate surface area is 172 Å². The molecular weight excluding hydrogens is 382 g/mol. The van der Waals surface area contributed by atoms with Crippen molar-refractivity contribution in [2.45, 2.75) is 32.2 Å². The van der Waals surface area contributed by atoms with Crippen molar-refractivity contribution in [3.05, 3.63) is 81.1 Å². The Balaban J connectivity index is 1.58. The second-order valence-electron chi connectivity index (χ2n) is 7.55. The standard InChI is InChI=1S/C23H21N3O2S/c1-15-8-7-13-26-20(15)24-21-17(22(26)27)14-19(29-21)23(28)25-12-6-5-11-18(25)16-9-3-2-4-10-16/h2-4,7-10,13-14,18H,5-6,11-12H2,1H3/t18-/m0/s1. The highest BCUT2D eigenvalue weighted by Gasteiger charge is 2.30. The first-order chi connectivity index (χ1) is 14.1. The number of likely N-dealkylation sites (tertiary alicyclic amines) is 1. The molecule has 1 aliphatic rings. The Kier molecular flexibility index (Phi) is 4.43. The van der Waals surface area contributed by atoms with Gasteiger partial charge in [0.25, 0.3) is 11.5 Å². The van der Waals surface area contributed by atoms with Crippen molar-refractivity contribution in [3.8, 4) is 0 Å². The summed E-state index contributed by atoms with van der Waals surface area (Å²) < 4.78 is 1.56. The van der Waals surface area contributed by atoms with Crippen LogP contribution in [0.4, 0.5) is 0 Å². The third-order valence-electron chi connectivity index (χ3n) is 5.69. The first-order valence-electron chi connectivity index (χ1n) is 9.91. The van der Waals surface area contributed by atoms with Gasteiger partial charge in [0.2, 0.25) is 0 Å². The van der Waals surface area contributed by atoms with Crippen molar-refractivity contribution in [2.75, 3.05) is 6.54 Å². The zero-order valence-electron chi connectivity index (χ0n) is 16.2. The van der Waals surface area contributed by atoms with Crippen molar-refractivity contribution in [3.63, 3.8) is 0 Å². The normalized spacial score (nSPS) is 17.1. The highest BCUT2D eigenvalue weighted by atomic mass is 32.1. The lowest BCUT2D eigenvalue weighted by Crippen LogP contribution is -2.38. The van der Waals surface area contributed by atoms with E-state index in [9.17, 15) is 9.59 Å². The van der Waals surface area contributed by atoms with Crippen LogP contribution in [0.25, 0.3) is 15.9 Å². The van der Waals surface area contributed by atoms with Crippen LogP contribution in [-0.4, -0.2) is 26.7 Å². The van der Waals surface area contributed by atoms with Crippen LogP contribution in [0.1, 0.15) is 46.1 Å². The molecule has 0 unspecified atom stereocenters. The lowest BCUT2D eigenvalue weighted by Gasteiger charge is -2.35. The predicted molar refractivity (Wildman–Crippen MR) is 116 cm³/mol. The molecule has 1 aromatic carbocycles. The molecule has 0 aliphatic carbocycles. The van der Waals surface area contributed by atoms with E-state index < -0.39 is 0 Å². The van der Waals surface area contributed by atoms with Crippen LogP contribution in [0.5, 0.6) is 0 Å². The van der Waals surface area contributed by atoms with E-state index in [4.69, 9.17) is 0 Å². The molecule has 0 N–H and O–H groups in total. The molecule has 5 nitrogen and oxygen atoms in total. The molecular formula is C23H21N3O2S. The molecule has 4 heterocycles. The fourth-order valence-corrected chi connectivity index (χ4v) is 5.18. The number of carbonyl (C=O) groups is 1. The lowest BCUT2D eigenvalue weighted by atomic mass is 9.95. The monoisotopic (exact) mass is 403 g/mol. The van der Waals surface area contributed by atoms with E-state index in [1.165, 1.54) is 16.9 Å². The molecule has 0 radical (unpaired) electrons. The Morgan fingerprint density at radius 2 is 1.97 bits per heavy atom. The van der Waals surface area contributed by atoms with Crippen LogP contribution in [0.2, 0.25) is 0 Å². The van der Waals surface area contributed by atoms with Gasteiger partial charge in [-0.1, -0.05) is 36.4 Å². The molecule has 146 valence electrons. The fraction of sp³-hybridized carbons (Fsp3) is 0.261. The summed E-state index contributed by atoms with van der Waals surface area (Å²) in [5.74, 6) is -0.00766. The molecule has 0 spiro atoms. The van der Waals surface area contributed by atoms with Crippen LogP contribution in [0.3, 0.4) is 0 Å². The Morgan fingerprint density at radius 3 is 2.79 bits per heavy atom. The molecule has 1 saturated heterocycles. The van der Waals surface area contributed by atoms with Crippen LogP contribution in [0, 0.1) is 6.92 Å². The number of aromatic nitrogens is 2. The van der Waals surface area contributed by atoms with Gasteiger partial charge in [-0.15, -0.1) is 11.3 Å². The maximum Gasteiger partial charge on any atom is 0.266 e. The lowest BCUT2D eigenvalue weighted by molar-refractivity contribution is 0.0616. The zero-order valence-corrected chi connectivity index (χ0v) is 17.0. The summed E-state index contributed by atoms with van der Waals surface area (Å²) in [6.45, 7) is 2.67. The van der Waals surface area contributed by atoms with Gasteiger partial charge >= 0.3 is 0 Å². The molecule has 1 amide bonds. The summed E-state index contributed by atoms with van der Waals surface area (Å²) in [5.41, 5.74) is 2.63. The van der Waals surface area contributed by atoms with Crippen molar-refractivity contribution < 1.29 is 4.79 Å². The summed E-state index contributed by atoms with van der Waals surface area (Å²) in [6.07, 6.45) is 4.81. The summed E-state index contributed by atoms with van der Waals surface area (Å²) in [5, 5.41) is 0.509. The van der Waals surface area contributed by atoms with Gasteiger partial charge in [0.1, 0.15) is 10.5 Å². The number of piperidine rings is 1. The molecule has 6 heteroatoms. The first-order valence-corrected chi connectivity index (χ1v) is 10.7. The largest absolute Gasteiger partial charge is 0.331 e. The van der Waals surface area contributed by atoms with E-state index in [0.717, 1.165) is 31.4 Å². The molecule has 1 fully saturated rings. The second kappa shape index (κ2) is 7.12. The van der Waals surface area contributed by atoms with Gasteiger partial charge in [-0.25, -0.2) is 4.98 Å². The van der Waals surface area contributed by atoms with Gasteiger partial charge in [0.05, 0.1) is 16.3 Å². The number of amides is 1. The predicted octanol–water partition coefficient (Wildman–Crippen LogP) is 4.59. The molecule has 0 bridgehead atoms. The third kappa shape index (κ3) is 3.04. The number of carbonyl (C=O) groups excluding carboxylic acids is 1. The molecule has 1 atom stereocenters. The fourth-order valence-electron chi connectivity index (χ4n) is 4.20.